The topological polar surface area (TPSA) is 76.7 Å². The van der Waals surface area contributed by atoms with Crippen molar-refractivity contribution in [1.82, 2.24) is 10.6 Å². The normalized spacial score (nSPS) is 10.6. The van der Waals surface area contributed by atoms with Crippen molar-refractivity contribution in [1.29, 1.82) is 0 Å². The number of rotatable bonds is 9. The molecule has 0 aliphatic carbocycles. The highest BCUT2D eigenvalue weighted by molar-refractivity contribution is 5.97. The van der Waals surface area contributed by atoms with Crippen LogP contribution in [-0.2, 0) is 6.61 Å². The van der Waals surface area contributed by atoms with E-state index < -0.39 is 6.17 Å². The lowest BCUT2D eigenvalue weighted by atomic mass is 10.1. The maximum atomic E-state index is 13.1. The molecule has 6 nitrogen and oxygen atoms in total. The molecule has 0 radical (unpaired) electrons. The van der Waals surface area contributed by atoms with E-state index in [9.17, 15) is 9.59 Å². The summed E-state index contributed by atoms with van der Waals surface area (Å²) in [7, 11) is 1.57. The number of hydrogen-bond donors (Lipinski definition) is 2. The van der Waals surface area contributed by atoms with Gasteiger partial charge in [-0.2, -0.15) is 0 Å². The molecule has 37 heavy (non-hydrogen) atoms. The van der Waals surface area contributed by atoms with E-state index >= 15 is 0 Å². The van der Waals surface area contributed by atoms with E-state index in [1.807, 2.05) is 68.4 Å². The number of aryl methyl sites for hydroxylation is 2. The van der Waals surface area contributed by atoms with Gasteiger partial charge in [0, 0.05) is 11.1 Å². The number of carbonyl (C=O) groups excluding carboxylic acids is 2. The van der Waals surface area contributed by atoms with Gasteiger partial charge >= 0.3 is 0 Å². The SMILES string of the molecule is COc1ccc(C(NC(=O)c2ccc(C)cc2)NC(=O)c2ccc(C)cc2)cc1OCc1ccccc1. The highest BCUT2D eigenvalue weighted by Gasteiger charge is 2.21. The first-order valence-electron chi connectivity index (χ1n) is 12.0. The van der Waals surface area contributed by atoms with Crippen LogP contribution in [-0.4, -0.2) is 18.9 Å². The quantitative estimate of drug-likeness (QED) is 0.291. The van der Waals surface area contributed by atoms with Crippen LogP contribution in [0.1, 0.15) is 49.1 Å². The van der Waals surface area contributed by atoms with Crippen LogP contribution in [0.15, 0.2) is 97.1 Å². The van der Waals surface area contributed by atoms with Crippen molar-refractivity contribution in [2.75, 3.05) is 7.11 Å². The summed E-state index contributed by atoms with van der Waals surface area (Å²) in [6, 6.07) is 29.6. The molecule has 0 saturated carbocycles. The fraction of sp³-hybridized carbons (Fsp3) is 0.161. The molecule has 6 heteroatoms. The first-order chi connectivity index (χ1) is 17.9. The van der Waals surface area contributed by atoms with Gasteiger partial charge in [-0.05, 0) is 61.4 Å². The van der Waals surface area contributed by atoms with E-state index in [2.05, 4.69) is 10.6 Å². The van der Waals surface area contributed by atoms with Gasteiger partial charge < -0.3 is 20.1 Å². The Labute approximate surface area is 217 Å². The minimum absolute atomic E-state index is 0.309. The highest BCUT2D eigenvalue weighted by Crippen LogP contribution is 2.31. The molecule has 0 spiro atoms. The predicted molar refractivity (Wildman–Crippen MR) is 144 cm³/mol. The van der Waals surface area contributed by atoms with E-state index in [4.69, 9.17) is 9.47 Å². The second kappa shape index (κ2) is 11.9. The van der Waals surface area contributed by atoms with Crippen molar-refractivity contribution in [3.63, 3.8) is 0 Å². The molecule has 0 saturated heterocycles. The number of ether oxygens (including phenoxy) is 2. The highest BCUT2D eigenvalue weighted by atomic mass is 16.5. The van der Waals surface area contributed by atoms with Gasteiger partial charge in [-0.3, -0.25) is 9.59 Å². The van der Waals surface area contributed by atoms with Crippen molar-refractivity contribution in [2.24, 2.45) is 0 Å². The molecule has 4 aromatic rings. The smallest absolute Gasteiger partial charge is 0.253 e. The van der Waals surface area contributed by atoms with Gasteiger partial charge in [-0.1, -0.05) is 71.8 Å². The lowest BCUT2D eigenvalue weighted by Gasteiger charge is -2.22. The molecule has 0 bridgehead atoms. The molecular formula is C31H30N2O4. The molecule has 0 aromatic heterocycles. The molecule has 0 atom stereocenters. The first-order valence-corrected chi connectivity index (χ1v) is 12.0. The summed E-state index contributed by atoms with van der Waals surface area (Å²) in [6.45, 7) is 4.26. The van der Waals surface area contributed by atoms with Crippen LogP contribution in [0.3, 0.4) is 0 Å². The predicted octanol–water partition coefficient (Wildman–Crippen LogP) is 5.75. The first kappa shape index (κ1) is 25.5. The maximum absolute atomic E-state index is 13.1. The van der Waals surface area contributed by atoms with Crippen LogP contribution in [0.25, 0.3) is 0 Å². The van der Waals surface area contributed by atoms with Gasteiger partial charge in [0.05, 0.1) is 7.11 Å². The minimum atomic E-state index is -0.812. The molecule has 0 heterocycles. The largest absolute Gasteiger partial charge is 0.493 e. The van der Waals surface area contributed by atoms with Crippen molar-refractivity contribution in [3.05, 3.63) is 130 Å². The van der Waals surface area contributed by atoms with Gasteiger partial charge in [-0.15, -0.1) is 0 Å². The van der Waals surface area contributed by atoms with Crippen LogP contribution in [0.5, 0.6) is 11.5 Å². The number of methoxy groups -OCH3 is 1. The third-order valence-electron chi connectivity index (χ3n) is 5.94. The summed E-state index contributed by atoms with van der Waals surface area (Å²) >= 11 is 0. The number of amides is 2. The average Bonchev–Trinajstić information content (AvgIpc) is 2.92. The van der Waals surface area contributed by atoms with E-state index in [1.54, 1.807) is 49.6 Å². The van der Waals surface area contributed by atoms with Crippen molar-refractivity contribution in [2.45, 2.75) is 26.6 Å². The molecule has 2 N–H and O–H groups in total. The standard InChI is InChI=1S/C31H30N2O4/c1-21-9-13-24(14-10-21)30(34)32-29(33-31(35)25-15-11-22(2)12-16-25)26-17-18-27(36-3)28(19-26)37-20-23-7-5-4-6-8-23/h4-19,29H,20H2,1-3H3,(H,32,34)(H,33,35). The third-order valence-corrected chi connectivity index (χ3v) is 5.94. The molecule has 188 valence electrons. The average molecular weight is 495 g/mol. The number of hydrogen-bond acceptors (Lipinski definition) is 4. The summed E-state index contributed by atoms with van der Waals surface area (Å²) in [4.78, 5) is 26.2. The Hall–Kier alpha value is -4.58. The molecule has 4 rings (SSSR count). The van der Waals surface area contributed by atoms with Gasteiger partial charge in [0.25, 0.3) is 11.8 Å². The zero-order valence-corrected chi connectivity index (χ0v) is 21.2. The molecule has 0 fully saturated rings. The zero-order chi connectivity index (χ0) is 26.2. The Bertz CT molecular complexity index is 1290. The van der Waals surface area contributed by atoms with E-state index in [0.29, 0.717) is 34.8 Å². The summed E-state index contributed by atoms with van der Waals surface area (Å²) in [5.74, 6) is 0.435. The molecule has 2 amide bonds. The van der Waals surface area contributed by atoms with E-state index in [-0.39, 0.29) is 11.8 Å². The van der Waals surface area contributed by atoms with Crippen LogP contribution in [0.4, 0.5) is 0 Å². The van der Waals surface area contributed by atoms with Crippen LogP contribution in [0, 0.1) is 13.8 Å². The molecule has 4 aromatic carbocycles. The Morgan fingerprint density at radius 1 is 0.703 bits per heavy atom. The minimum Gasteiger partial charge on any atom is -0.493 e. The van der Waals surface area contributed by atoms with Gasteiger partial charge in [-0.25, -0.2) is 0 Å². The molecule has 0 aliphatic rings. The van der Waals surface area contributed by atoms with Crippen LogP contribution < -0.4 is 20.1 Å². The number of nitrogens with one attached hydrogen (secondary N) is 2. The van der Waals surface area contributed by atoms with Crippen molar-refractivity contribution in [3.8, 4) is 11.5 Å². The van der Waals surface area contributed by atoms with E-state index in [1.165, 1.54) is 0 Å². The van der Waals surface area contributed by atoms with Crippen LogP contribution >= 0.6 is 0 Å². The van der Waals surface area contributed by atoms with Crippen LogP contribution in [0.2, 0.25) is 0 Å². The third kappa shape index (κ3) is 6.76. The van der Waals surface area contributed by atoms with Crippen molar-refractivity contribution < 1.29 is 19.1 Å². The summed E-state index contributed by atoms with van der Waals surface area (Å²) in [5, 5.41) is 5.90. The summed E-state index contributed by atoms with van der Waals surface area (Å²) in [5.41, 5.74) is 4.74. The molecule has 0 unspecified atom stereocenters. The maximum Gasteiger partial charge on any atom is 0.253 e. The fourth-order valence-corrected chi connectivity index (χ4v) is 3.76. The monoisotopic (exact) mass is 494 g/mol. The van der Waals surface area contributed by atoms with Crippen molar-refractivity contribution >= 4 is 11.8 Å². The molecular weight excluding hydrogens is 464 g/mol. The second-order valence-electron chi connectivity index (χ2n) is 8.80. The lowest BCUT2D eigenvalue weighted by molar-refractivity contribution is 0.0883. The Morgan fingerprint density at radius 3 is 1.76 bits per heavy atom. The van der Waals surface area contributed by atoms with Gasteiger partial charge in [0.2, 0.25) is 0 Å². The van der Waals surface area contributed by atoms with Gasteiger partial charge in [0.1, 0.15) is 12.8 Å². The Morgan fingerprint density at radius 2 is 1.24 bits per heavy atom. The summed E-state index contributed by atoms with van der Waals surface area (Å²) in [6.07, 6.45) is -0.812. The zero-order valence-electron chi connectivity index (χ0n) is 21.2. The lowest BCUT2D eigenvalue weighted by Crippen LogP contribution is -2.41. The summed E-state index contributed by atoms with van der Waals surface area (Å²) < 4.78 is 11.6. The second-order valence-corrected chi connectivity index (χ2v) is 8.80. The van der Waals surface area contributed by atoms with E-state index in [0.717, 1.165) is 16.7 Å². The fourth-order valence-electron chi connectivity index (χ4n) is 3.76. The Balaban J connectivity index is 1.62. The molecule has 0 aliphatic heterocycles. The number of carbonyl (C=O) groups is 2. The Kier molecular flexibility index (Phi) is 8.21. The van der Waals surface area contributed by atoms with Gasteiger partial charge in [0.15, 0.2) is 11.5 Å². The number of benzene rings is 4.